The summed E-state index contributed by atoms with van der Waals surface area (Å²) in [5.74, 6) is 3.61. The monoisotopic (exact) mass is 363 g/mol. The lowest BCUT2D eigenvalue weighted by molar-refractivity contribution is 0.372. The zero-order valence-electron chi connectivity index (χ0n) is 16.2. The molecule has 0 spiro atoms. The van der Waals surface area contributed by atoms with Gasteiger partial charge >= 0.3 is 0 Å². The Hall–Kier alpha value is -2.96. The predicted molar refractivity (Wildman–Crippen MR) is 100 cm³/mol. The van der Waals surface area contributed by atoms with Crippen LogP contribution in [0.25, 0.3) is 0 Å². The third-order valence-electron chi connectivity index (χ3n) is 4.05. The van der Waals surface area contributed by atoms with E-state index in [1.807, 2.05) is 11.9 Å². The molecule has 26 heavy (non-hydrogen) atoms. The minimum absolute atomic E-state index is 0.587. The van der Waals surface area contributed by atoms with Crippen LogP contribution < -0.4 is 33.3 Å². The first-order chi connectivity index (χ1) is 12.5. The van der Waals surface area contributed by atoms with Crippen molar-refractivity contribution >= 4 is 11.4 Å². The van der Waals surface area contributed by atoms with Gasteiger partial charge in [-0.2, -0.15) is 0 Å². The molecule has 0 heterocycles. The van der Waals surface area contributed by atoms with Crippen LogP contribution in [0.1, 0.15) is 0 Å². The number of anilines is 2. The fourth-order valence-electron chi connectivity index (χ4n) is 2.75. The molecule has 0 N–H and O–H groups in total. The topological polar surface area (TPSA) is 58.6 Å². The molecule has 0 bridgehead atoms. The lowest BCUT2D eigenvalue weighted by Crippen LogP contribution is -2.15. The molecule has 0 radical (unpaired) electrons. The van der Waals surface area contributed by atoms with Crippen LogP contribution in [0.2, 0.25) is 0 Å². The molecular formula is C19H25NO6. The molecule has 0 atom stereocenters. The zero-order valence-corrected chi connectivity index (χ0v) is 16.2. The Morgan fingerprint density at radius 1 is 0.500 bits per heavy atom. The fraction of sp³-hybridized carbons (Fsp3) is 0.368. The van der Waals surface area contributed by atoms with Crippen LogP contribution in [-0.4, -0.2) is 49.7 Å². The Morgan fingerprint density at radius 2 is 0.769 bits per heavy atom. The van der Waals surface area contributed by atoms with Crippen molar-refractivity contribution in [1.29, 1.82) is 0 Å². The predicted octanol–water partition coefficient (Wildman–Crippen LogP) is 3.51. The number of benzene rings is 2. The summed E-state index contributed by atoms with van der Waals surface area (Å²) in [5, 5.41) is 0. The molecule has 142 valence electrons. The van der Waals surface area contributed by atoms with Gasteiger partial charge < -0.3 is 33.3 Å². The van der Waals surface area contributed by atoms with Crippen LogP contribution >= 0.6 is 0 Å². The first-order valence-electron chi connectivity index (χ1n) is 7.88. The van der Waals surface area contributed by atoms with Crippen LogP contribution in [-0.2, 0) is 0 Å². The lowest BCUT2D eigenvalue weighted by atomic mass is 10.1. The van der Waals surface area contributed by atoms with Crippen LogP contribution in [0.15, 0.2) is 24.3 Å². The Morgan fingerprint density at radius 3 is 0.962 bits per heavy atom. The Kier molecular flexibility index (Phi) is 6.27. The van der Waals surface area contributed by atoms with Gasteiger partial charge in [0.05, 0.1) is 42.7 Å². The summed E-state index contributed by atoms with van der Waals surface area (Å²) in [6.45, 7) is 0. The van der Waals surface area contributed by atoms with Gasteiger partial charge in [-0.1, -0.05) is 0 Å². The summed E-state index contributed by atoms with van der Waals surface area (Å²) < 4.78 is 32.9. The maximum Gasteiger partial charge on any atom is 0.150 e. The van der Waals surface area contributed by atoms with Crippen molar-refractivity contribution in [3.05, 3.63) is 24.3 Å². The molecule has 0 unspecified atom stereocenters. The average Bonchev–Trinajstić information content (AvgIpc) is 2.70. The second-order valence-corrected chi connectivity index (χ2v) is 5.32. The van der Waals surface area contributed by atoms with Crippen molar-refractivity contribution in [1.82, 2.24) is 0 Å². The highest BCUT2D eigenvalue weighted by atomic mass is 16.5. The molecule has 0 aromatic heterocycles. The van der Waals surface area contributed by atoms with E-state index >= 15 is 0 Å². The highest BCUT2D eigenvalue weighted by molar-refractivity contribution is 5.83. The van der Waals surface area contributed by atoms with E-state index in [4.69, 9.17) is 28.4 Å². The molecule has 0 aliphatic heterocycles. The Balaban J connectivity index is 2.71. The number of ether oxygens (including phenoxy) is 6. The summed E-state index contributed by atoms with van der Waals surface area (Å²) in [4.78, 5) is 1.88. The average molecular weight is 363 g/mol. The molecule has 2 aromatic carbocycles. The standard InChI is InChI=1S/C19H25NO6/c1-20(18-14(23-4)8-12(21-2)9-15(18)24-5)19-16(25-6)10-13(22-3)11-17(19)26-7/h8-11H,1-7H3. The van der Waals surface area contributed by atoms with Gasteiger partial charge in [-0.25, -0.2) is 0 Å². The number of hydrogen-bond acceptors (Lipinski definition) is 7. The second kappa shape index (κ2) is 8.42. The quantitative estimate of drug-likeness (QED) is 0.711. The van der Waals surface area contributed by atoms with Crippen LogP contribution in [0, 0.1) is 0 Å². The van der Waals surface area contributed by atoms with E-state index in [1.165, 1.54) is 0 Å². The van der Waals surface area contributed by atoms with E-state index in [0.717, 1.165) is 0 Å². The summed E-state index contributed by atoms with van der Waals surface area (Å²) >= 11 is 0. The van der Waals surface area contributed by atoms with E-state index in [1.54, 1.807) is 66.9 Å². The molecule has 7 heteroatoms. The van der Waals surface area contributed by atoms with Crippen molar-refractivity contribution in [3.63, 3.8) is 0 Å². The van der Waals surface area contributed by atoms with Crippen LogP contribution in [0.5, 0.6) is 34.5 Å². The van der Waals surface area contributed by atoms with Gasteiger partial charge in [0.15, 0.2) is 0 Å². The second-order valence-electron chi connectivity index (χ2n) is 5.32. The summed E-state index contributed by atoms with van der Waals surface area (Å²) in [6, 6.07) is 7.15. The highest BCUT2D eigenvalue weighted by Gasteiger charge is 2.24. The molecule has 0 aliphatic carbocycles. The fourth-order valence-corrected chi connectivity index (χ4v) is 2.75. The molecular weight excluding hydrogens is 338 g/mol. The molecule has 2 rings (SSSR count). The smallest absolute Gasteiger partial charge is 0.150 e. The minimum atomic E-state index is 0.587. The van der Waals surface area contributed by atoms with Gasteiger partial charge in [0.25, 0.3) is 0 Å². The first-order valence-corrected chi connectivity index (χ1v) is 7.88. The third-order valence-corrected chi connectivity index (χ3v) is 4.05. The number of nitrogens with zero attached hydrogens (tertiary/aromatic N) is 1. The largest absolute Gasteiger partial charge is 0.496 e. The molecule has 0 saturated carbocycles. The Bertz CT molecular complexity index is 648. The maximum absolute atomic E-state index is 5.56. The summed E-state index contributed by atoms with van der Waals surface area (Å²) in [7, 11) is 11.4. The summed E-state index contributed by atoms with van der Waals surface area (Å²) in [5.41, 5.74) is 1.41. The minimum Gasteiger partial charge on any atom is -0.496 e. The lowest BCUT2D eigenvalue weighted by Gasteiger charge is -2.27. The van der Waals surface area contributed by atoms with Gasteiger partial charge in [-0.15, -0.1) is 0 Å². The molecule has 0 aliphatic rings. The zero-order chi connectivity index (χ0) is 19.3. The first kappa shape index (κ1) is 19.4. The molecule has 2 aromatic rings. The molecule has 0 saturated heterocycles. The van der Waals surface area contributed by atoms with Gasteiger partial charge in [0, 0.05) is 31.3 Å². The van der Waals surface area contributed by atoms with Gasteiger partial charge in [-0.3, -0.25) is 0 Å². The Labute approximate surface area is 153 Å². The number of rotatable bonds is 8. The maximum atomic E-state index is 5.56. The molecule has 0 fully saturated rings. The van der Waals surface area contributed by atoms with Crippen LogP contribution in [0.4, 0.5) is 11.4 Å². The van der Waals surface area contributed by atoms with Gasteiger partial charge in [-0.05, 0) is 0 Å². The van der Waals surface area contributed by atoms with E-state index in [2.05, 4.69) is 0 Å². The van der Waals surface area contributed by atoms with Crippen LogP contribution in [0.3, 0.4) is 0 Å². The SMILES string of the molecule is COc1cc(OC)c(N(C)c2c(OC)cc(OC)cc2OC)c(OC)c1. The van der Waals surface area contributed by atoms with Crippen molar-refractivity contribution in [2.45, 2.75) is 0 Å². The normalized spacial score (nSPS) is 10.1. The van der Waals surface area contributed by atoms with Crippen molar-refractivity contribution < 1.29 is 28.4 Å². The van der Waals surface area contributed by atoms with E-state index in [0.29, 0.717) is 45.9 Å². The summed E-state index contributed by atoms with van der Waals surface area (Å²) in [6.07, 6.45) is 0. The van der Waals surface area contributed by atoms with Gasteiger partial charge in [0.2, 0.25) is 0 Å². The van der Waals surface area contributed by atoms with Gasteiger partial charge in [0.1, 0.15) is 45.9 Å². The van der Waals surface area contributed by atoms with E-state index < -0.39 is 0 Å². The highest BCUT2D eigenvalue weighted by Crippen LogP contribution is 2.49. The third kappa shape index (κ3) is 3.51. The van der Waals surface area contributed by atoms with Crippen molar-refractivity contribution in [3.8, 4) is 34.5 Å². The number of methoxy groups -OCH3 is 6. The van der Waals surface area contributed by atoms with Crippen molar-refractivity contribution in [2.24, 2.45) is 0 Å². The van der Waals surface area contributed by atoms with E-state index in [9.17, 15) is 0 Å². The van der Waals surface area contributed by atoms with E-state index in [-0.39, 0.29) is 0 Å². The van der Waals surface area contributed by atoms with Crippen molar-refractivity contribution in [2.75, 3.05) is 54.6 Å². The molecule has 0 amide bonds. The number of hydrogen-bond donors (Lipinski definition) is 0. The molecule has 7 nitrogen and oxygen atoms in total.